The minimum absolute atomic E-state index is 0.300. The van der Waals surface area contributed by atoms with Crippen LogP contribution in [0.4, 0.5) is 0 Å². The normalized spacial score (nSPS) is 15.3. The molecule has 0 aliphatic heterocycles. The third-order valence-electron chi connectivity index (χ3n) is 2.70. The van der Waals surface area contributed by atoms with Gasteiger partial charge in [-0.3, -0.25) is 4.98 Å². The summed E-state index contributed by atoms with van der Waals surface area (Å²) in [5.41, 5.74) is 8.32. The molecule has 0 radical (unpaired) electrons. The Bertz CT molecular complexity index is 521. The lowest BCUT2D eigenvalue weighted by molar-refractivity contribution is 0.146. The number of aromatic nitrogens is 2. The van der Waals surface area contributed by atoms with Gasteiger partial charge >= 0.3 is 0 Å². The molecule has 2 unspecified atom stereocenters. The van der Waals surface area contributed by atoms with E-state index in [-0.39, 0.29) is 6.04 Å². The maximum atomic E-state index is 9.96. The summed E-state index contributed by atoms with van der Waals surface area (Å²) in [6.07, 6.45) is 1.07. The van der Waals surface area contributed by atoms with Crippen molar-refractivity contribution in [2.75, 3.05) is 0 Å². The zero-order chi connectivity index (χ0) is 11.9. The van der Waals surface area contributed by atoms with Crippen LogP contribution in [0.2, 0.25) is 0 Å². The summed E-state index contributed by atoms with van der Waals surface area (Å²) in [6, 6.07) is 3.54. The largest absolute Gasteiger partial charge is 0.385 e. The Labute approximate surface area is 102 Å². The van der Waals surface area contributed by atoms with Gasteiger partial charge in [0.15, 0.2) is 0 Å². The van der Waals surface area contributed by atoms with Crippen LogP contribution in [0.1, 0.15) is 18.7 Å². The number of nitrogens with zero attached hydrogens (tertiary/aromatic N) is 2. The number of pyridine rings is 1. The summed E-state index contributed by atoms with van der Waals surface area (Å²) in [7, 11) is 1.90. The molecule has 3 N–H and O–H groups in total. The van der Waals surface area contributed by atoms with E-state index in [1.165, 1.54) is 0 Å². The molecule has 0 aliphatic carbocycles. The third-order valence-corrected chi connectivity index (χ3v) is 3.13. The summed E-state index contributed by atoms with van der Waals surface area (Å²) in [4.78, 5) is 4.28. The molecule has 16 heavy (non-hydrogen) atoms. The van der Waals surface area contributed by atoms with Gasteiger partial charge < -0.3 is 15.4 Å². The number of hydrogen-bond donors (Lipinski definition) is 2. The predicted octanol–water partition coefficient (Wildman–Crippen LogP) is 1.72. The summed E-state index contributed by atoms with van der Waals surface area (Å²) in [5.74, 6) is 0. The maximum Gasteiger partial charge on any atom is 0.109 e. The maximum absolute atomic E-state index is 9.96. The molecule has 2 aromatic rings. The second-order valence-corrected chi connectivity index (χ2v) is 4.91. The van der Waals surface area contributed by atoms with E-state index in [9.17, 15) is 5.11 Å². The zero-order valence-electron chi connectivity index (χ0n) is 9.18. The number of fused-ring (bicyclic) bond motifs is 1. The number of aliphatic hydroxyl groups excluding tert-OH is 1. The Balaban J connectivity index is 2.60. The third kappa shape index (κ3) is 1.86. The van der Waals surface area contributed by atoms with Crippen molar-refractivity contribution in [2.24, 2.45) is 12.8 Å². The van der Waals surface area contributed by atoms with Crippen LogP contribution >= 0.6 is 15.9 Å². The molecule has 0 aliphatic rings. The van der Waals surface area contributed by atoms with E-state index in [1.807, 2.05) is 23.7 Å². The first-order valence-corrected chi connectivity index (χ1v) is 5.84. The molecule has 0 fully saturated rings. The average Bonchev–Trinajstić information content (AvgIpc) is 2.55. The minimum Gasteiger partial charge on any atom is -0.385 e. The highest BCUT2D eigenvalue weighted by Gasteiger charge is 2.18. The second-order valence-electron chi connectivity index (χ2n) is 3.99. The first-order valence-electron chi connectivity index (χ1n) is 5.05. The molecular formula is C11H14BrN3O. The van der Waals surface area contributed by atoms with Crippen LogP contribution in [0.5, 0.6) is 0 Å². The van der Waals surface area contributed by atoms with E-state index in [1.54, 1.807) is 13.1 Å². The van der Waals surface area contributed by atoms with E-state index < -0.39 is 6.10 Å². The van der Waals surface area contributed by atoms with Crippen molar-refractivity contribution in [3.63, 3.8) is 0 Å². The van der Waals surface area contributed by atoms with E-state index in [0.717, 1.165) is 21.2 Å². The molecule has 5 heteroatoms. The molecule has 86 valence electrons. The Morgan fingerprint density at radius 3 is 2.81 bits per heavy atom. The van der Waals surface area contributed by atoms with Crippen molar-refractivity contribution in [3.8, 4) is 0 Å². The highest BCUT2D eigenvalue weighted by Crippen LogP contribution is 2.25. The van der Waals surface area contributed by atoms with Gasteiger partial charge in [0.2, 0.25) is 0 Å². The number of rotatable bonds is 2. The van der Waals surface area contributed by atoms with Crippen molar-refractivity contribution in [2.45, 2.75) is 19.1 Å². The van der Waals surface area contributed by atoms with Gasteiger partial charge in [0, 0.05) is 23.8 Å². The van der Waals surface area contributed by atoms with Crippen molar-refractivity contribution in [1.82, 2.24) is 9.55 Å². The fraction of sp³-hybridized carbons (Fsp3) is 0.364. The molecule has 2 heterocycles. The Morgan fingerprint density at radius 1 is 1.50 bits per heavy atom. The first-order chi connectivity index (χ1) is 7.50. The van der Waals surface area contributed by atoms with Crippen LogP contribution in [0.15, 0.2) is 22.8 Å². The lowest BCUT2D eigenvalue weighted by Gasteiger charge is -2.15. The van der Waals surface area contributed by atoms with Crippen LogP contribution in [0.3, 0.4) is 0 Å². The molecule has 2 rings (SSSR count). The summed E-state index contributed by atoms with van der Waals surface area (Å²) in [5, 5.41) is 9.96. The zero-order valence-corrected chi connectivity index (χ0v) is 10.8. The van der Waals surface area contributed by atoms with Crippen molar-refractivity contribution >= 4 is 27.0 Å². The fourth-order valence-electron chi connectivity index (χ4n) is 1.75. The first kappa shape index (κ1) is 11.6. The standard InChI is InChI=1S/C11H14BrN3O/c1-6(13)11(16)10-4-8-9(15(10)2)3-7(12)5-14-8/h3-6,11,16H,13H2,1-2H3. The topological polar surface area (TPSA) is 64.1 Å². The highest BCUT2D eigenvalue weighted by atomic mass is 79.9. The summed E-state index contributed by atoms with van der Waals surface area (Å²) < 4.78 is 2.84. The fourth-order valence-corrected chi connectivity index (χ4v) is 2.07. The quantitative estimate of drug-likeness (QED) is 0.882. The van der Waals surface area contributed by atoms with E-state index in [4.69, 9.17) is 5.73 Å². The number of halogens is 1. The van der Waals surface area contributed by atoms with Crippen LogP contribution < -0.4 is 5.73 Å². The summed E-state index contributed by atoms with van der Waals surface area (Å²) >= 11 is 3.38. The van der Waals surface area contributed by atoms with Gasteiger partial charge in [0.25, 0.3) is 0 Å². The Hall–Kier alpha value is -0.910. The highest BCUT2D eigenvalue weighted by molar-refractivity contribution is 9.10. The van der Waals surface area contributed by atoms with Gasteiger partial charge in [-0.2, -0.15) is 0 Å². The Morgan fingerprint density at radius 2 is 2.19 bits per heavy atom. The Kier molecular flexibility index (Phi) is 3.01. The van der Waals surface area contributed by atoms with Crippen LogP contribution in [0.25, 0.3) is 11.0 Å². The molecule has 0 spiro atoms. The molecule has 2 aromatic heterocycles. The predicted molar refractivity (Wildman–Crippen MR) is 67.0 cm³/mol. The number of hydrogen-bond acceptors (Lipinski definition) is 3. The van der Waals surface area contributed by atoms with Crippen LogP contribution in [-0.4, -0.2) is 20.7 Å². The SMILES string of the molecule is CC(N)C(O)c1cc2ncc(Br)cc2n1C. The molecule has 0 amide bonds. The molecule has 4 nitrogen and oxygen atoms in total. The molecule has 2 atom stereocenters. The number of aliphatic hydroxyl groups is 1. The average molecular weight is 284 g/mol. The smallest absolute Gasteiger partial charge is 0.109 e. The monoisotopic (exact) mass is 283 g/mol. The van der Waals surface area contributed by atoms with Crippen LogP contribution in [-0.2, 0) is 7.05 Å². The molecule has 0 saturated carbocycles. The van der Waals surface area contributed by atoms with Crippen molar-refractivity contribution < 1.29 is 5.11 Å². The minimum atomic E-state index is -0.669. The van der Waals surface area contributed by atoms with Crippen LogP contribution in [0, 0.1) is 0 Å². The molecule has 0 bridgehead atoms. The van der Waals surface area contributed by atoms with Gasteiger partial charge in [-0.1, -0.05) is 0 Å². The molecular weight excluding hydrogens is 270 g/mol. The van der Waals surface area contributed by atoms with Crippen molar-refractivity contribution in [3.05, 3.63) is 28.5 Å². The molecule has 0 saturated heterocycles. The summed E-state index contributed by atoms with van der Waals surface area (Å²) in [6.45, 7) is 1.78. The van der Waals surface area contributed by atoms with Gasteiger partial charge in [-0.15, -0.1) is 0 Å². The van der Waals surface area contributed by atoms with Gasteiger partial charge in [-0.25, -0.2) is 0 Å². The van der Waals surface area contributed by atoms with Gasteiger partial charge in [-0.05, 0) is 35.0 Å². The lowest BCUT2D eigenvalue weighted by atomic mass is 10.1. The molecule has 0 aromatic carbocycles. The van der Waals surface area contributed by atoms with Gasteiger partial charge in [0.1, 0.15) is 6.10 Å². The van der Waals surface area contributed by atoms with E-state index >= 15 is 0 Å². The van der Waals surface area contributed by atoms with Gasteiger partial charge in [0.05, 0.1) is 16.7 Å². The number of aryl methyl sites for hydroxylation is 1. The van der Waals surface area contributed by atoms with Crippen molar-refractivity contribution in [1.29, 1.82) is 0 Å². The lowest BCUT2D eigenvalue weighted by Crippen LogP contribution is -2.25. The van der Waals surface area contributed by atoms with E-state index in [0.29, 0.717) is 0 Å². The number of nitrogens with two attached hydrogens (primary N) is 1. The van der Waals surface area contributed by atoms with E-state index in [2.05, 4.69) is 20.9 Å². The second kappa shape index (κ2) is 4.16.